The molecule has 0 unspecified atom stereocenters. The molecule has 0 saturated carbocycles. The van der Waals surface area contributed by atoms with Crippen molar-refractivity contribution in [3.05, 3.63) is 63.5 Å². The molecule has 2 amide bonds. The van der Waals surface area contributed by atoms with Gasteiger partial charge in [-0.05, 0) is 48.2 Å². The Labute approximate surface area is 185 Å². The summed E-state index contributed by atoms with van der Waals surface area (Å²) in [4.78, 5) is 36.8. The molecule has 0 spiro atoms. The second-order valence-electron chi connectivity index (χ2n) is 5.88. The Hall–Kier alpha value is -2.63. The van der Waals surface area contributed by atoms with E-state index in [2.05, 4.69) is 20.7 Å². The van der Waals surface area contributed by atoms with E-state index in [1.165, 1.54) is 24.3 Å². The van der Waals surface area contributed by atoms with Gasteiger partial charge in [0.05, 0.1) is 12.0 Å². The summed E-state index contributed by atoms with van der Waals surface area (Å²) in [5, 5.41) is -0.633. The first-order valence-corrected chi connectivity index (χ1v) is 11.3. The normalized spacial score (nSPS) is 15.5. The number of carbonyl (C=O) groups is 3. The van der Waals surface area contributed by atoms with Crippen LogP contribution < -0.4 is 4.18 Å². The lowest BCUT2D eigenvalue weighted by Crippen LogP contribution is -2.34. The standard InChI is InChI=1S/C19H14BrNO7S2/c1-27-17(22)11-21-18(23)16(29-19(21)24)10-12-9-13(20)7-8-15(12)28-30(25,26)14-5-3-2-4-6-14/h2-10H,11H2,1H3/b16-10-. The van der Waals surface area contributed by atoms with Crippen LogP contribution in [0.3, 0.4) is 0 Å². The van der Waals surface area contributed by atoms with Crippen LogP contribution in [0.15, 0.2) is 62.8 Å². The molecular formula is C19H14BrNO7S2. The average molecular weight is 512 g/mol. The van der Waals surface area contributed by atoms with Crippen molar-refractivity contribution in [1.29, 1.82) is 0 Å². The van der Waals surface area contributed by atoms with Crippen LogP contribution in [0.2, 0.25) is 0 Å². The second kappa shape index (κ2) is 9.02. The third-order valence-electron chi connectivity index (χ3n) is 3.88. The number of esters is 1. The van der Waals surface area contributed by atoms with Crippen LogP contribution in [0, 0.1) is 0 Å². The minimum absolute atomic E-state index is 0.0176. The molecule has 1 aliphatic heterocycles. The molecule has 0 N–H and O–H groups in total. The van der Waals surface area contributed by atoms with Gasteiger partial charge in [0.1, 0.15) is 17.2 Å². The van der Waals surface area contributed by atoms with Crippen molar-refractivity contribution in [2.75, 3.05) is 13.7 Å². The first-order chi connectivity index (χ1) is 14.2. The van der Waals surface area contributed by atoms with E-state index in [4.69, 9.17) is 4.18 Å². The Morgan fingerprint density at radius 2 is 1.87 bits per heavy atom. The van der Waals surface area contributed by atoms with E-state index < -0.39 is 33.8 Å². The fourth-order valence-corrected chi connectivity index (χ4v) is 4.62. The van der Waals surface area contributed by atoms with E-state index >= 15 is 0 Å². The van der Waals surface area contributed by atoms with Gasteiger partial charge in [0.15, 0.2) is 0 Å². The summed E-state index contributed by atoms with van der Waals surface area (Å²) in [6.45, 7) is -0.511. The molecule has 0 bridgehead atoms. The summed E-state index contributed by atoms with van der Waals surface area (Å²) in [5.41, 5.74) is 0.257. The predicted octanol–water partition coefficient (Wildman–Crippen LogP) is 3.43. The van der Waals surface area contributed by atoms with Gasteiger partial charge in [-0.25, -0.2) is 0 Å². The molecule has 0 aliphatic carbocycles. The van der Waals surface area contributed by atoms with Gasteiger partial charge >= 0.3 is 16.1 Å². The predicted molar refractivity (Wildman–Crippen MR) is 113 cm³/mol. The van der Waals surface area contributed by atoms with Gasteiger partial charge in [-0.15, -0.1) is 0 Å². The second-order valence-corrected chi connectivity index (χ2v) is 9.33. The largest absolute Gasteiger partial charge is 0.468 e. The van der Waals surface area contributed by atoms with Gasteiger partial charge in [0.25, 0.3) is 11.1 Å². The number of thioether (sulfide) groups is 1. The molecular weight excluding hydrogens is 498 g/mol. The number of imide groups is 1. The number of amides is 2. The zero-order valence-corrected chi connectivity index (χ0v) is 18.6. The van der Waals surface area contributed by atoms with Crippen molar-refractivity contribution in [2.45, 2.75) is 4.90 Å². The highest BCUT2D eigenvalue weighted by molar-refractivity contribution is 9.10. The zero-order chi connectivity index (χ0) is 21.9. The lowest BCUT2D eigenvalue weighted by atomic mass is 10.2. The maximum Gasteiger partial charge on any atom is 0.339 e. The molecule has 156 valence electrons. The number of hydrogen-bond acceptors (Lipinski definition) is 8. The molecule has 30 heavy (non-hydrogen) atoms. The van der Waals surface area contributed by atoms with Gasteiger partial charge in [-0.3, -0.25) is 19.3 Å². The number of nitrogens with zero attached hydrogens (tertiary/aromatic N) is 1. The average Bonchev–Trinajstić information content (AvgIpc) is 2.98. The van der Waals surface area contributed by atoms with E-state index in [0.29, 0.717) is 16.2 Å². The fraction of sp³-hybridized carbons (Fsp3) is 0.105. The highest BCUT2D eigenvalue weighted by atomic mass is 79.9. The highest BCUT2D eigenvalue weighted by Gasteiger charge is 2.36. The van der Waals surface area contributed by atoms with Gasteiger partial charge in [0.2, 0.25) is 0 Å². The van der Waals surface area contributed by atoms with Crippen molar-refractivity contribution in [2.24, 2.45) is 0 Å². The lowest BCUT2D eigenvalue weighted by molar-refractivity contribution is -0.143. The molecule has 0 aromatic heterocycles. The fourth-order valence-electron chi connectivity index (χ4n) is 2.43. The Kier molecular flexibility index (Phi) is 6.64. The molecule has 1 heterocycles. The highest BCUT2D eigenvalue weighted by Crippen LogP contribution is 2.35. The summed E-state index contributed by atoms with van der Waals surface area (Å²) in [6, 6.07) is 12.1. The summed E-state index contributed by atoms with van der Waals surface area (Å²) in [6.07, 6.45) is 1.34. The Morgan fingerprint density at radius 3 is 2.53 bits per heavy atom. The van der Waals surface area contributed by atoms with Crippen LogP contribution in [0.4, 0.5) is 4.79 Å². The van der Waals surface area contributed by atoms with Crippen LogP contribution in [0.1, 0.15) is 5.56 Å². The molecule has 1 saturated heterocycles. The van der Waals surface area contributed by atoms with E-state index in [0.717, 1.165) is 12.0 Å². The SMILES string of the molecule is COC(=O)CN1C(=O)S/C(=C\c2cc(Br)ccc2OS(=O)(=O)c2ccccc2)C1=O. The first kappa shape index (κ1) is 22.1. The minimum atomic E-state index is -4.11. The van der Waals surface area contributed by atoms with Gasteiger partial charge in [-0.1, -0.05) is 34.1 Å². The smallest absolute Gasteiger partial charge is 0.339 e. The lowest BCUT2D eigenvalue weighted by Gasteiger charge is -2.11. The van der Waals surface area contributed by atoms with Crippen LogP contribution in [-0.2, 0) is 24.4 Å². The summed E-state index contributed by atoms with van der Waals surface area (Å²) < 4.78 is 35.5. The Balaban J connectivity index is 1.94. The molecule has 0 radical (unpaired) electrons. The number of hydrogen-bond donors (Lipinski definition) is 0. The van der Waals surface area contributed by atoms with Crippen molar-refractivity contribution in [1.82, 2.24) is 4.90 Å². The van der Waals surface area contributed by atoms with Gasteiger partial charge < -0.3 is 8.92 Å². The molecule has 8 nitrogen and oxygen atoms in total. The van der Waals surface area contributed by atoms with Crippen molar-refractivity contribution >= 4 is 61.0 Å². The van der Waals surface area contributed by atoms with Gasteiger partial charge in [-0.2, -0.15) is 8.42 Å². The summed E-state index contributed by atoms with van der Waals surface area (Å²) in [5.74, 6) is -1.45. The molecule has 1 aliphatic rings. The number of rotatable bonds is 6. The van der Waals surface area contributed by atoms with E-state index in [9.17, 15) is 22.8 Å². The molecule has 1 fully saturated rings. The number of halogens is 1. The number of benzene rings is 2. The third kappa shape index (κ3) is 4.91. The van der Waals surface area contributed by atoms with Crippen LogP contribution >= 0.6 is 27.7 Å². The molecule has 2 aromatic carbocycles. The molecule has 2 aromatic rings. The number of ether oxygens (including phenoxy) is 1. The van der Waals surface area contributed by atoms with Crippen molar-refractivity contribution in [3.63, 3.8) is 0 Å². The molecule has 3 rings (SSSR count). The van der Waals surface area contributed by atoms with E-state index in [1.807, 2.05) is 0 Å². The number of carbonyl (C=O) groups excluding carboxylic acids is 3. The van der Waals surface area contributed by atoms with Crippen LogP contribution in [0.5, 0.6) is 5.75 Å². The number of methoxy groups -OCH3 is 1. The van der Waals surface area contributed by atoms with Crippen LogP contribution in [0.25, 0.3) is 6.08 Å². The Morgan fingerprint density at radius 1 is 1.17 bits per heavy atom. The molecule has 0 atom stereocenters. The maximum absolute atomic E-state index is 12.6. The topological polar surface area (TPSA) is 107 Å². The van der Waals surface area contributed by atoms with E-state index in [-0.39, 0.29) is 21.1 Å². The van der Waals surface area contributed by atoms with E-state index in [1.54, 1.807) is 30.3 Å². The Bertz CT molecular complexity index is 1150. The summed E-state index contributed by atoms with van der Waals surface area (Å²) in [7, 11) is -2.96. The monoisotopic (exact) mass is 511 g/mol. The van der Waals surface area contributed by atoms with Gasteiger partial charge in [0, 0.05) is 10.0 Å². The van der Waals surface area contributed by atoms with Crippen molar-refractivity contribution in [3.8, 4) is 5.75 Å². The summed E-state index contributed by atoms with van der Waals surface area (Å²) >= 11 is 3.92. The van der Waals surface area contributed by atoms with Crippen molar-refractivity contribution < 1.29 is 31.7 Å². The van der Waals surface area contributed by atoms with Crippen LogP contribution in [-0.4, -0.2) is 44.1 Å². The quantitative estimate of drug-likeness (QED) is 0.329. The molecule has 11 heteroatoms. The third-order valence-corrected chi connectivity index (χ3v) is 6.53. The minimum Gasteiger partial charge on any atom is -0.468 e. The maximum atomic E-state index is 12.6. The first-order valence-electron chi connectivity index (χ1n) is 8.32. The zero-order valence-electron chi connectivity index (χ0n) is 15.4.